The van der Waals surface area contributed by atoms with E-state index in [0.717, 1.165) is 0 Å². The highest BCUT2D eigenvalue weighted by Crippen LogP contribution is 2.14. The van der Waals surface area contributed by atoms with E-state index in [4.69, 9.17) is 22.1 Å². The van der Waals surface area contributed by atoms with E-state index in [9.17, 15) is 9.59 Å². The van der Waals surface area contributed by atoms with Gasteiger partial charge in [0.05, 0.1) is 13.2 Å². The lowest BCUT2D eigenvalue weighted by Crippen LogP contribution is -2.54. The Kier molecular flexibility index (Phi) is 3.78. The molecule has 2 heterocycles. The van der Waals surface area contributed by atoms with Crippen LogP contribution in [-0.2, 0) is 9.53 Å². The number of primary amides is 1. The minimum Gasteiger partial charge on any atom is -0.377 e. The van der Waals surface area contributed by atoms with E-state index >= 15 is 0 Å². The number of pyridine rings is 1. The van der Waals surface area contributed by atoms with Gasteiger partial charge in [-0.1, -0.05) is 11.6 Å². The molecule has 1 aliphatic heterocycles. The van der Waals surface area contributed by atoms with Gasteiger partial charge in [0, 0.05) is 18.3 Å². The summed E-state index contributed by atoms with van der Waals surface area (Å²) in [5.74, 6) is -0.880. The number of morpholine rings is 1. The predicted molar refractivity (Wildman–Crippen MR) is 64.1 cm³/mol. The molecule has 1 saturated heterocycles. The van der Waals surface area contributed by atoms with Crippen molar-refractivity contribution in [2.75, 3.05) is 19.8 Å². The molecule has 1 atom stereocenters. The van der Waals surface area contributed by atoms with E-state index in [1.807, 2.05) is 0 Å². The lowest BCUT2D eigenvalue weighted by molar-refractivity contribution is -0.127. The second-order valence-corrected chi connectivity index (χ2v) is 4.25. The number of nitrogens with two attached hydrogens (primary N) is 1. The number of ether oxygens (including phenoxy) is 1. The SMILES string of the molecule is NC(=O)C1COCCN1C(=O)c1ccnc(Cl)c1. The van der Waals surface area contributed by atoms with Crippen LogP contribution in [0, 0.1) is 0 Å². The van der Waals surface area contributed by atoms with Gasteiger partial charge >= 0.3 is 0 Å². The number of nitrogens with zero attached hydrogens (tertiary/aromatic N) is 2. The molecule has 0 spiro atoms. The predicted octanol–water partition coefficient (Wildman–Crippen LogP) is 0.0613. The molecule has 1 fully saturated rings. The maximum Gasteiger partial charge on any atom is 0.254 e. The van der Waals surface area contributed by atoms with E-state index in [2.05, 4.69) is 4.98 Å². The first-order valence-electron chi connectivity index (χ1n) is 5.39. The largest absolute Gasteiger partial charge is 0.377 e. The van der Waals surface area contributed by atoms with Gasteiger partial charge < -0.3 is 15.4 Å². The standard InChI is InChI=1S/C11H12ClN3O3/c12-9-5-7(1-2-14-9)11(17)15-3-4-18-6-8(15)10(13)16/h1-2,5,8H,3-4,6H2,(H2,13,16). The van der Waals surface area contributed by atoms with Crippen LogP contribution in [0.5, 0.6) is 0 Å². The average Bonchev–Trinajstić information content (AvgIpc) is 2.38. The summed E-state index contributed by atoms with van der Waals surface area (Å²) in [6, 6.07) is 2.26. The molecule has 2 N–H and O–H groups in total. The van der Waals surface area contributed by atoms with Crippen LogP contribution in [0.15, 0.2) is 18.3 Å². The first-order valence-corrected chi connectivity index (χ1v) is 5.77. The fourth-order valence-electron chi connectivity index (χ4n) is 1.78. The van der Waals surface area contributed by atoms with Crippen molar-refractivity contribution in [3.05, 3.63) is 29.0 Å². The molecule has 18 heavy (non-hydrogen) atoms. The molecule has 2 amide bonds. The zero-order chi connectivity index (χ0) is 13.1. The van der Waals surface area contributed by atoms with E-state index in [-0.39, 0.29) is 17.7 Å². The molecular weight excluding hydrogens is 258 g/mol. The summed E-state index contributed by atoms with van der Waals surface area (Å²) < 4.78 is 5.15. The topological polar surface area (TPSA) is 85.5 Å². The van der Waals surface area contributed by atoms with Crippen molar-refractivity contribution in [1.29, 1.82) is 0 Å². The zero-order valence-corrected chi connectivity index (χ0v) is 10.3. The highest BCUT2D eigenvalue weighted by molar-refractivity contribution is 6.29. The second-order valence-electron chi connectivity index (χ2n) is 3.86. The van der Waals surface area contributed by atoms with Gasteiger partial charge in [0.15, 0.2) is 0 Å². The quantitative estimate of drug-likeness (QED) is 0.770. The van der Waals surface area contributed by atoms with Crippen LogP contribution in [0.25, 0.3) is 0 Å². The van der Waals surface area contributed by atoms with E-state index in [1.165, 1.54) is 17.2 Å². The highest BCUT2D eigenvalue weighted by atomic mass is 35.5. The Hall–Kier alpha value is -1.66. The molecule has 0 aromatic carbocycles. The number of rotatable bonds is 2. The molecule has 6 nitrogen and oxygen atoms in total. The summed E-state index contributed by atoms with van der Waals surface area (Å²) in [4.78, 5) is 28.7. The van der Waals surface area contributed by atoms with Crippen molar-refractivity contribution in [2.24, 2.45) is 5.73 Å². The summed E-state index contributed by atoms with van der Waals surface area (Å²) >= 11 is 5.73. The number of halogens is 1. The highest BCUT2D eigenvalue weighted by Gasteiger charge is 2.31. The smallest absolute Gasteiger partial charge is 0.254 e. The van der Waals surface area contributed by atoms with E-state index < -0.39 is 11.9 Å². The first-order chi connectivity index (χ1) is 8.59. The van der Waals surface area contributed by atoms with Gasteiger partial charge in [-0.3, -0.25) is 9.59 Å². The molecule has 0 bridgehead atoms. The second kappa shape index (κ2) is 5.32. The molecule has 2 rings (SSSR count). The van der Waals surface area contributed by atoms with Gasteiger partial charge in [0.25, 0.3) is 5.91 Å². The number of amides is 2. The van der Waals surface area contributed by atoms with Crippen molar-refractivity contribution in [3.63, 3.8) is 0 Å². The number of aromatic nitrogens is 1. The van der Waals surface area contributed by atoms with Gasteiger partial charge in [0.2, 0.25) is 5.91 Å². The van der Waals surface area contributed by atoms with Crippen LogP contribution < -0.4 is 5.73 Å². The van der Waals surface area contributed by atoms with Crippen molar-refractivity contribution in [3.8, 4) is 0 Å². The van der Waals surface area contributed by atoms with Crippen LogP contribution in [-0.4, -0.2) is 47.5 Å². The third-order valence-electron chi connectivity index (χ3n) is 2.69. The number of carbonyl (C=O) groups excluding carboxylic acids is 2. The molecule has 96 valence electrons. The van der Waals surface area contributed by atoms with Gasteiger partial charge in [-0.05, 0) is 12.1 Å². The Balaban J connectivity index is 2.23. The Bertz CT molecular complexity index is 480. The summed E-state index contributed by atoms with van der Waals surface area (Å²) in [5, 5.41) is 0.227. The molecule has 1 unspecified atom stereocenters. The zero-order valence-electron chi connectivity index (χ0n) is 9.51. The van der Waals surface area contributed by atoms with Crippen molar-refractivity contribution in [1.82, 2.24) is 9.88 Å². The maximum absolute atomic E-state index is 12.2. The van der Waals surface area contributed by atoms with Gasteiger partial charge in [-0.15, -0.1) is 0 Å². The van der Waals surface area contributed by atoms with Gasteiger partial charge in [-0.2, -0.15) is 0 Å². The van der Waals surface area contributed by atoms with Crippen LogP contribution in [0.1, 0.15) is 10.4 Å². The Morgan fingerprint density at radius 2 is 2.33 bits per heavy atom. The Morgan fingerprint density at radius 1 is 1.56 bits per heavy atom. The number of hydrogen-bond acceptors (Lipinski definition) is 4. The lowest BCUT2D eigenvalue weighted by Gasteiger charge is -2.33. The van der Waals surface area contributed by atoms with Crippen LogP contribution in [0.4, 0.5) is 0 Å². The minimum atomic E-state index is -0.738. The molecule has 0 radical (unpaired) electrons. The molecular formula is C11H12ClN3O3. The van der Waals surface area contributed by atoms with Gasteiger partial charge in [0.1, 0.15) is 11.2 Å². The summed E-state index contributed by atoms with van der Waals surface area (Å²) in [6.07, 6.45) is 1.44. The molecule has 0 aliphatic carbocycles. The van der Waals surface area contributed by atoms with Crippen molar-refractivity contribution in [2.45, 2.75) is 6.04 Å². The number of carbonyl (C=O) groups is 2. The molecule has 0 saturated carbocycles. The van der Waals surface area contributed by atoms with Crippen LogP contribution in [0.2, 0.25) is 5.15 Å². The molecule has 1 aliphatic rings. The number of hydrogen-bond donors (Lipinski definition) is 1. The van der Waals surface area contributed by atoms with Gasteiger partial charge in [-0.25, -0.2) is 4.98 Å². The normalized spacial score (nSPS) is 19.6. The third-order valence-corrected chi connectivity index (χ3v) is 2.90. The van der Waals surface area contributed by atoms with Crippen LogP contribution >= 0.6 is 11.6 Å². The fraction of sp³-hybridized carbons (Fsp3) is 0.364. The molecule has 1 aromatic heterocycles. The minimum absolute atomic E-state index is 0.125. The van der Waals surface area contributed by atoms with E-state index in [1.54, 1.807) is 6.07 Å². The summed E-state index contributed by atoms with van der Waals surface area (Å²) in [5.41, 5.74) is 5.63. The lowest BCUT2D eigenvalue weighted by atomic mass is 10.1. The van der Waals surface area contributed by atoms with Crippen molar-refractivity contribution < 1.29 is 14.3 Å². The summed E-state index contributed by atoms with van der Waals surface area (Å²) in [7, 11) is 0. The monoisotopic (exact) mass is 269 g/mol. The Morgan fingerprint density at radius 3 is 3.00 bits per heavy atom. The third kappa shape index (κ3) is 2.60. The van der Waals surface area contributed by atoms with Crippen molar-refractivity contribution >= 4 is 23.4 Å². The maximum atomic E-state index is 12.2. The van der Waals surface area contributed by atoms with Crippen LogP contribution in [0.3, 0.4) is 0 Å². The molecule has 7 heteroatoms. The van der Waals surface area contributed by atoms with E-state index in [0.29, 0.717) is 18.7 Å². The average molecular weight is 270 g/mol. The summed E-state index contributed by atoms with van der Waals surface area (Å²) in [6.45, 7) is 0.834. The Labute approximate surface area is 109 Å². The fourth-order valence-corrected chi connectivity index (χ4v) is 1.96. The molecule has 1 aromatic rings. The first kappa shape index (κ1) is 12.8.